The first-order valence-electron chi connectivity index (χ1n) is 7.46. The van der Waals surface area contributed by atoms with E-state index in [1.807, 2.05) is 30.3 Å². The highest BCUT2D eigenvalue weighted by molar-refractivity contribution is 7.92. The van der Waals surface area contributed by atoms with E-state index in [2.05, 4.69) is 0 Å². The van der Waals surface area contributed by atoms with Gasteiger partial charge in [-0.3, -0.25) is 4.79 Å². The number of aryl methyl sites for hydroxylation is 1. The molecule has 122 valence electrons. The quantitative estimate of drug-likeness (QED) is 0.731. The van der Waals surface area contributed by atoms with Gasteiger partial charge in [-0.25, -0.2) is 8.42 Å². The number of ether oxygens (including phenoxy) is 1. The molecule has 1 atom stereocenters. The molecule has 0 saturated heterocycles. The number of carbonyl (C=O) groups excluding carboxylic acids is 1. The van der Waals surface area contributed by atoms with E-state index in [9.17, 15) is 13.2 Å². The van der Waals surface area contributed by atoms with Crippen molar-refractivity contribution >= 4 is 15.8 Å². The molecular weight excluding hydrogens is 312 g/mol. The molecule has 0 radical (unpaired) electrons. The van der Waals surface area contributed by atoms with Crippen LogP contribution in [0, 0.1) is 0 Å². The Morgan fingerprint density at radius 1 is 1.00 bits per heavy atom. The Labute approximate surface area is 137 Å². The predicted octanol–water partition coefficient (Wildman–Crippen LogP) is 3.02. The number of hydrogen-bond donors (Lipinski definition) is 0. The maximum absolute atomic E-state index is 12.7. The molecule has 0 amide bonds. The molecule has 23 heavy (non-hydrogen) atoms. The van der Waals surface area contributed by atoms with Gasteiger partial charge in [0, 0.05) is 0 Å². The first kappa shape index (κ1) is 17.2. The van der Waals surface area contributed by atoms with Gasteiger partial charge in [-0.15, -0.1) is 0 Å². The number of benzene rings is 2. The summed E-state index contributed by atoms with van der Waals surface area (Å²) in [6.45, 7) is 0. The minimum Gasteiger partial charge on any atom is -0.468 e. The Morgan fingerprint density at radius 2 is 1.57 bits per heavy atom. The lowest BCUT2D eigenvalue weighted by Gasteiger charge is -2.15. The molecular formula is C18H20O4S. The molecule has 2 aromatic carbocycles. The molecule has 0 fully saturated rings. The summed E-state index contributed by atoms with van der Waals surface area (Å²) in [5.41, 5.74) is 1.12. The zero-order valence-electron chi connectivity index (χ0n) is 13.0. The van der Waals surface area contributed by atoms with Crippen LogP contribution in [-0.4, -0.2) is 26.7 Å². The molecule has 2 aromatic rings. The third kappa shape index (κ3) is 4.42. The molecule has 0 aromatic heterocycles. The Bertz CT molecular complexity index is 724. The fraction of sp³-hybridized carbons (Fsp3) is 0.278. The number of sulfone groups is 1. The van der Waals surface area contributed by atoms with E-state index in [4.69, 9.17) is 4.74 Å². The van der Waals surface area contributed by atoms with Crippen LogP contribution in [-0.2, 0) is 25.8 Å². The molecule has 0 aliphatic rings. The van der Waals surface area contributed by atoms with Crippen LogP contribution in [0.1, 0.15) is 18.4 Å². The molecule has 2 rings (SSSR count). The van der Waals surface area contributed by atoms with Crippen molar-refractivity contribution < 1.29 is 17.9 Å². The summed E-state index contributed by atoms with van der Waals surface area (Å²) in [6, 6.07) is 17.8. The van der Waals surface area contributed by atoms with Crippen molar-refractivity contribution in [1.82, 2.24) is 0 Å². The Balaban J connectivity index is 2.13. The van der Waals surface area contributed by atoms with Crippen molar-refractivity contribution in [3.05, 3.63) is 66.2 Å². The van der Waals surface area contributed by atoms with E-state index in [-0.39, 0.29) is 11.3 Å². The highest BCUT2D eigenvalue weighted by atomic mass is 32.2. The summed E-state index contributed by atoms with van der Waals surface area (Å²) < 4.78 is 30.1. The molecule has 0 aliphatic heterocycles. The molecule has 4 nitrogen and oxygen atoms in total. The summed E-state index contributed by atoms with van der Waals surface area (Å²) >= 11 is 0. The van der Waals surface area contributed by atoms with Gasteiger partial charge in [0.15, 0.2) is 15.1 Å². The second-order valence-corrected chi connectivity index (χ2v) is 7.38. The van der Waals surface area contributed by atoms with Crippen molar-refractivity contribution in [3.8, 4) is 0 Å². The SMILES string of the molecule is COC(=O)C(CCCc1ccccc1)S(=O)(=O)c1ccccc1. The zero-order chi connectivity index (χ0) is 16.7. The number of rotatable bonds is 7. The lowest BCUT2D eigenvalue weighted by molar-refractivity contribution is -0.140. The highest BCUT2D eigenvalue weighted by Gasteiger charge is 2.34. The predicted molar refractivity (Wildman–Crippen MR) is 88.8 cm³/mol. The van der Waals surface area contributed by atoms with Gasteiger partial charge in [0.2, 0.25) is 0 Å². The Hall–Kier alpha value is -2.14. The molecule has 0 saturated carbocycles. The van der Waals surface area contributed by atoms with E-state index in [0.717, 1.165) is 12.0 Å². The maximum Gasteiger partial charge on any atom is 0.324 e. The zero-order valence-corrected chi connectivity index (χ0v) is 13.8. The van der Waals surface area contributed by atoms with Crippen LogP contribution in [0.15, 0.2) is 65.6 Å². The summed E-state index contributed by atoms with van der Waals surface area (Å²) in [6.07, 6.45) is 1.55. The summed E-state index contributed by atoms with van der Waals surface area (Å²) in [5, 5.41) is -1.17. The van der Waals surface area contributed by atoms with E-state index >= 15 is 0 Å². The van der Waals surface area contributed by atoms with Gasteiger partial charge in [0.1, 0.15) is 0 Å². The number of carbonyl (C=O) groups is 1. The van der Waals surface area contributed by atoms with Crippen LogP contribution < -0.4 is 0 Å². The fourth-order valence-corrected chi connectivity index (χ4v) is 4.13. The number of esters is 1. The van der Waals surface area contributed by atoms with Crippen LogP contribution in [0.25, 0.3) is 0 Å². The van der Waals surface area contributed by atoms with Crippen LogP contribution in [0.5, 0.6) is 0 Å². The minimum atomic E-state index is -3.74. The second kappa shape index (κ2) is 7.92. The second-order valence-electron chi connectivity index (χ2n) is 5.25. The maximum atomic E-state index is 12.7. The lowest BCUT2D eigenvalue weighted by Crippen LogP contribution is -2.31. The van der Waals surface area contributed by atoms with Crippen molar-refractivity contribution in [3.63, 3.8) is 0 Å². The molecule has 0 heterocycles. The Kier molecular flexibility index (Phi) is 5.93. The summed E-state index contributed by atoms with van der Waals surface area (Å²) in [5.74, 6) is -0.707. The molecule has 0 spiro atoms. The average molecular weight is 332 g/mol. The molecule has 0 N–H and O–H groups in total. The van der Waals surface area contributed by atoms with Crippen molar-refractivity contribution in [2.24, 2.45) is 0 Å². The van der Waals surface area contributed by atoms with Gasteiger partial charge < -0.3 is 4.74 Å². The molecule has 5 heteroatoms. The first-order valence-corrected chi connectivity index (χ1v) is 9.01. The van der Waals surface area contributed by atoms with E-state index in [1.54, 1.807) is 18.2 Å². The minimum absolute atomic E-state index is 0.148. The van der Waals surface area contributed by atoms with Crippen LogP contribution >= 0.6 is 0 Å². The summed E-state index contributed by atoms with van der Waals surface area (Å²) in [4.78, 5) is 12.1. The molecule has 0 aliphatic carbocycles. The van der Waals surface area contributed by atoms with Gasteiger partial charge in [0.05, 0.1) is 12.0 Å². The van der Waals surface area contributed by atoms with Crippen molar-refractivity contribution in [1.29, 1.82) is 0 Å². The van der Waals surface area contributed by atoms with E-state index in [0.29, 0.717) is 6.42 Å². The van der Waals surface area contributed by atoms with Crippen LogP contribution in [0.4, 0.5) is 0 Å². The molecule has 1 unspecified atom stereocenters. The van der Waals surface area contributed by atoms with Gasteiger partial charge >= 0.3 is 5.97 Å². The Morgan fingerprint density at radius 3 is 2.13 bits per heavy atom. The van der Waals surface area contributed by atoms with Gasteiger partial charge in [-0.05, 0) is 37.0 Å². The summed E-state index contributed by atoms with van der Waals surface area (Å²) in [7, 11) is -2.53. The van der Waals surface area contributed by atoms with Crippen LogP contribution in [0.3, 0.4) is 0 Å². The third-order valence-corrected chi connectivity index (χ3v) is 5.79. The van der Waals surface area contributed by atoms with Gasteiger partial charge in [0.25, 0.3) is 0 Å². The lowest BCUT2D eigenvalue weighted by atomic mass is 10.1. The van der Waals surface area contributed by atoms with E-state index in [1.165, 1.54) is 19.2 Å². The van der Waals surface area contributed by atoms with Gasteiger partial charge in [-0.2, -0.15) is 0 Å². The smallest absolute Gasteiger partial charge is 0.324 e. The van der Waals surface area contributed by atoms with Gasteiger partial charge in [-0.1, -0.05) is 48.5 Å². The average Bonchev–Trinajstić information content (AvgIpc) is 2.59. The van der Waals surface area contributed by atoms with Crippen molar-refractivity contribution in [2.45, 2.75) is 29.4 Å². The van der Waals surface area contributed by atoms with Crippen molar-refractivity contribution in [2.75, 3.05) is 7.11 Å². The van der Waals surface area contributed by atoms with E-state index < -0.39 is 21.1 Å². The first-order chi connectivity index (χ1) is 11.1. The number of methoxy groups -OCH3 is 1. The monoisotopic (exact) mass is 332 g/mol. The van der Waals surface area contributed by atoms with Crippen LogP contribution in [0.2, 0.25) is 0 Å². The standard InChI is InChI=1S/C18H20O4S/c1-22-18(19)17(14-8-11-15-9-4-2-5-10-15)23(20,21)16-12-6-3-7-13-16/h2-7,9-10,12-13,17H,8,11,14H2,1H3. The largest absolute Gasteiger partial charge is 0.468 e. The number of hydrogen-bond acceptors (Lipinski definition) is 4. The highest BCUT2D eigenvalue weighted by Crippen LogP contribution is 2.21. The third-order valence-electron chi connectivity index (χ3n) is 3.68. The molecule has 0 bridgehead atoms. The fourth-order valence-electron chi connectivity index (χ4n) is 2.44. The normalized spacial score (nSPS) is 12.6. The topological polar surface area (TPSA) is 60.4 Å².